The summed E-state index contributed by atoms with van der Waals surface area (Å²) < 4.78 is 0. The van der Waals surface area contributed by atoms with Gasteiger partial charge in [0.25, 0.3) is 0 Å². The third-order valence-corrected chi connectivity index (χ3v) is 2.80. The molecule has 1 rings (SSSR count). The highest BCUT2D eigenvalue weighted by Crippen LogP contribution is 2.25. The molecule has 0 bridgehead atoms. The van der Waals surface area contributed by atoms with Gasteiger partial charge in [-0.1, -0.05) is 66.2 Å². The zero-order valence-corrected chi connectivity index (χ0v) is 11.4. The van der Waals surface area contributed by atoms with Crippen molar-refractivity contribution in [2.24, 2.45) is 5.92 Å². The molecule has 92 valence electrons. The van der Waals surface area contributed by atoms with Crippen LogP contribution >= 0.6 is 0 Å². The molecule has 1 heteroatoms. The van der Waals surface area contributed by atoms with Crippen LogP contribution in [0.15, 0.2) is 0 Å². The van der Waals surface area contributed by atoms with E-state index in [1.807, 2.05) is 20.8 Å². The maximum atomic E-state index is 9.81. The predicted molar refractivity (Wildman–Crippen MR) is 69.2 cm³/mol. The fourth-order valence-electron chi connectivity index (χ4n) is 1.60. The fraction of sp³-hybridized carbons (Fsp3) is 0.929. The molecule has 0 radical (unpaired) electrons. The van der Waals surface area contributed by atoms with Crippen molar-refractivity contribution in [1.82, 2.24) is 0 Å². The molecule has 0 aromatic carbocycles. The van der Waals surface area contributed by atoms with Crippen molar-refractivity contribution in [1.29, 1.82) is 0 Å². The molecule has 0 heterocycles. The molecule has 0 unspecified atom stereocenters. The van der Waals surface area contributed by atoms with Crippen LogP contribution in [-0.2, 0) is 4.79 Å². The van der Waals surface area contributed by atoms with Gasteiger partial charge in [-0.2, -0.15) is 0 Å². The van der Waals surface area contributed by atoms with E-state index in [0.29, 0.717) is 6.42 Å². The van der Waals surface area contributed by atoms with E-state index in [0.717, 1.165) is 5.92 Å². The Morgan fingerprint density at radius 3 is 1.67 bits per heavy atom. The molecule has 0 N–H and O–H groups in total. The van der Waals surface area contributed by atoms with E-state index in [9.17, 15) is 4.79 Å². The number of hydrogen-bond acceptors (Lipinski definition) is 1. The second-order valence-corrected chi connectivity index (χ2v) is 3.97. The Morgan fingerprint density at radius 2 is 1.47 bits per heavy atom. The summed E-state index contributed by atoms with van der Waals surface area (Å²) in [5.74, 6) is 1.34. The van der Waals surface area contributed by atoms with Crippen molar-refractivity contribution in [3.63, 3.8) is 0 Å². The summed E-state index contributed by atoms with van der Waals surface area (Å²) in [6, 6.07) is 0. The first kappa shape index (κ1) is 17.1. The van der Waals surface area contributed by atoms with Gasteiger partial charge in [0.1, 0.15) is 5.78 Å². The number of carbonyl (C=O) groups is 1. The molecule has 0 amide bonds. The molecule has 15 heavy (non-hydrogen) atoms. The Bertz CT molecular complexity index is 123. The lowest BCUT2D eigenvalue weighted by Gasteiger charge is -2.18. The molecule has 0 aromatic heterocycles. The maximum absolute atomic E-state index is 9.81. The molecule has 1 fully saturated rings. The van der Waals surface area contributed by atoms with Crippen LogP contribution in [0.4, 0.5) is 0 Å². The minimum Gasteiger partial charge on any atom is -0.300 e. The van der Waals surface area contributed by atoms with Gasteiger partial charge in [-0.15, -0.1) is 0 Å². The first-order valence-corrected chi connectivity index (χ1v) is 6.70. The van der Waals surface area contributed by atoms with E-state index in [-0.39, 0.29) is 5.78 Å². The molecular formula is C14H30O. The van der Waals surface area contributed by atoms with Crippen LogP contribution in [0, 0.1) is 5.92 Å². The van der Waals surface area contributed by atoms with Gasteiger partial charge in [-0.25, -0.2) is 0 Å². The van der Waals surface area contributed by atoms with Gasteiger partial charge in [0.15, 0.2) is 0 Å². The summed E-state index contributed by atoms with van der Waals surface area (Å²) in [6.45, 7) is 9.75. The summed E-state index contributed by atoms with van der Waals surface area (Å²) in [7, 11) is 0. The zero-order chi connectivity index (χ0) is 12.1. The largest absolute Gasteiger partial charge is 0.300 e. The molecule has 0 spiro atoms. The fourth-order valence-corrected chi connectivity index (χ4v) is 1.60. The molecule has 1 nitrogen and oxygen atoms in total. The third-order valence-electron chi connectivity index (χ3n) is 2.80. The summed E-state index contributed by atoms with van der Waals surface area (Å²) >= 11 is 0. The Labute approximate surface area is 96.7 Å². The Morgan fingerprint density at radius 1 is 1.07 bits per heavy atom. The predicted octanol–water partition coefficient (Wildman–Crippen LogP) is 4.99. The average molecular weight is 214 g/mol. The standard InChI is InChI=1S/C8H16.C4H8O.C2H6/c1-2-8-6-4-3-5-7-8;1-3-4(2)5;1-2/h8H,2-7H2,1H3;3H2,1-2H3;1-2H3. The van der Waals surface area contributed by atoms with Gasteiger partial charge in [-0.3, -0.25) is 0 Å². The minimum atomic E-state index is 0.255. The van der Waals surface area contributed by atoms with Crippen LogP contribution in [-0.4, -0.2) is 5.78 Å². The topological polar surface area (TPSA) is 17.1 Å². The normalized spacial score (nSPS) is 15.5. The first-order chi connectivity index (χ1) is 7.20. The molecular weight excluding hydrogens is 184 g/mol. The first-order valence-electron chi connectivity index (χ1n) is 6.70. The quantitative estimate of drug-likeness (QED) is 0.633. The molecule has 0 atom stereocenters. The van der Waals surface area contributed by atoms with Crippen molar-refractivity contribution in [3.8, 4) is 0 Å². The van der Waals surface area contributed by atoms with Crippen molar-refractivity contribution in [2.45, 2.75) is 79.6 Å². The lowest BCUT2D eigenvalue weighted by molar-refractivity contribution is -0.116. The highest BCUT2D eigenvalue weighted by Gasteiger charge is 2.09. The van der Waals surface area contributed by atoms with Gasteiger partial charge in [0.2, 0.25) is 0 Å². The third kappa shape index (κ3) is 13.7. The van der Waals surface area contributed by atoms with E-state index >= 15 is 0 Å². The molecule has 1 aliphatic rings. The molecule has 1 saturated carbocycles. The van der Waals surface area contributed by atoms with Crippen LogP contribution in [0.25, 0.3) is 0 Å². The molecule has 0 aromatic rings. The number of ketones is 1. The van der Waals surface area contributed by atoms with E-state index in [2.05, 4.69) is 6.92 Å². The number of hydrogen-bond donors (Lipinski definition) is 0. The van der Waals surface area contributed by atoms with Crippen LogP contribution in [0.3, 0.4) is 0 Å². The molecule has 0 aliphatic heterocycles. The lowest BCUT2D eigenvalue weighted by Crippen LogP contribution is -2.03. The smallest absolute Gasteiger partial charge is 0.129 e. The SMILES string of the molecule is CC.CCC(C)=O.CCC1CCCCC1. The second-order valence-electron chi connectivity index (χ2n) is 3.97. The Hall–Kier alpha value is -0.330. The second kappa shape index (κ2) is 13.7. The Kier molecular flexibility index (Phi) is 15.6. The van der Waals surface area contributed by atoms with Gasteiger partial charge in [-0.05, 0) is 12.8 Å². The summed E-state index contributed by atoms with van der Waals surface area (Å²) in [5.41, 5.74) is 0. The van der Waals surface area contributed by atoms with Crippen LogP contribution in [0.1, 0.15) is 79.6 Å². The van der Waals surface area contributed by atoms with Crippen molar-refractivity contribution >= 4 is 5.78 Å². The van der Waals surface area contributed by atoms with Crippen molar-refractivity contribution in [2.75, 3.05) is 0 Å². The minimum absolute atomic E-state index is 0.255. The van der Waals surface area contributed by atoms with Crippen LogP contribution < -0.4 is 0 Å². The summed E-state index contributed by atoms with van der Waals surface area (Å²) in [5, 5.41) is 0. The average Bonchev–Trinajstić information content (AvgIpc) is 2.33. The van der Waals surface area contributed by atoms with Crippen molar-refractivity contribution in [3.05, 3.63) is 0 Å². The molecule has 1 aliphatic carbocycles. The Balaban J connectivity index is 0. The number of Topliss-reactive ketones (excluding diaryl/α,β-unsaturated/α-hetero) is 1. The highest BCUT2D eigenvalue weighted by molar-refractivity contribution is 5.74. The monoisotopic (exact) mass is 214 g/mol. The van der Waals surface area contributed by atoms with Gasteiger partial charge in [0.05, 0.1) is 0 Å². The zero-order valence-electron chi connectivity index (χ0n) is 11.4. The van der Waals surface area contributed by atoms with E-state index in [1.54, 1.807) is 6.92 Å². The van der Waals surface area contributed by atoms with Crippen LogP contribution in [0.2, 0.25) is 0 Å². The molecule has 0 saturated heterocycles. The van der Waals surface area contributed by atoms with Gasteiger partial charge >= 0.3 is 0 Å². The van der Waals surface area contributed by atoms with Gasteiger partial charge in [0, 0.05) is 6.42 Å². The summed E-state index contributed by atoms with van der Waals surface area (Å²) in [4.78, 5) is 9.81. The maximum Gasteiger partial charge on any atom is 0.129 e. The number of carbonyl (C=O) groups excluding carboxylic acids is 1. The van der Waals surface area contributed by atoms with E-state index in [4.69, 9.17) is 0 Å². The van der Waals surface area contributed by atoms with Crippen molar-refractivity contribution < 1.29 is 4.79 Å². The lowest BCUT2D eigenvalue weighted by atomic mass is 9.88. The van der Waals surface area contributed by atoms with E-state index < -0.39 is 0 Å². The van der Waals surface area contributed by atoms with Crippen LogP contribution in [0.5, 0.6) is 0 Å². The van der Waals surface area contributed by atoms with Gasteiger partial charge < -0.3 is 4.79 Å². The highest BCUT2D eigenvalue weighted by atomic mass is 16.1. The van der Waals surface area contributed by atoms with E-state index in [1.165, 1.54) is 38.5 Å². The number of rotatable bonds is 2. The summed E-state index contributed by atoms with van der Waals surface area (Å²) in [6.07, 6.45) is 9.60.